The van der Waals surface area contributed by atoms with Crippen LogP contribution < -0.4 is 0 Å². The highest BCUT2D eigenvalue weighted by Crippen LogP contribution is 1.94. The van der Waals surface area contributed by atoms with Crippen molar-refractivity contribution >= 4 is 0 Å². The number of nitrogens with zero attached hydrogens (tertiary/aromatic N) is 1. The van der Waals surface area contributed by atoms with E-state index in [1.54, 1.807) is 7.05 Å². The molecular formula is C5H13NO2. The summed E-state index contributed by atoms with van der Waals surface area (Å²) in [5.41, 5.74) is 0. The first kappa shape index (κ1) is 7.88. The van der Waals surface area contributed by atoms with Gasteiger partial charge < -0.3 is 15.0 Å². The first-order valence-electron chi connectivity index (χ1n) is 2.79. The van der Waals surface area contributed by atoms with Gasteiger partial charge in [0.25, 0.3) is 0 Å². The molecule has 0 fully saturated rings. The van der Waals surface area contributed by atoms with E-state index in [9.17, 15) is 5.21 Å². The van der Waals surface area contributed by atoms with Crippen LogP contribution >= 0.6 is 0 Å². The summed E-state index contributed by atoms with van der Waals surface area (Å²) >= 11 is 0. The first-order valence-corrected chi connectivity index (χ1v) is 2.79. The van der Waals surface area contributed by atoms with Gasteiger partial charge in [-0.3, -0.25) is 0 Å². The summed E-state index contributed by atoms with van der Waals surface area (Å²) < 4.78 is -0.337. The predicted molar refractivity (Wildman–Crippen MR) is 32.0 cm³/mol. The maximum absolute atomic E-state index is 10.8. The van der Waals surface area contributed by atoms with Crippen LogP contribution in [0.1, 0.15) is 6.92 Å². The molecule has 1 atom stereocenters. The van der Waals surface area contributed by atoms with Crippen molar-refractivity contribution in [3.63, 3.8) is 0 Å². The molecule has 0 bridgehead atoms. The highest BCUT2D eigenvalue weighted by atomic mass is 16.5. The zero-order valence-corrected chi connectivity index (χ0v) is 5.42. The number of aliphatic hydroxyl groups excluding tert-OH is 1. The van der Waals surface area contributed by atoms with Crippen molar-refractivity contribution in [2.45, 2.75) is 6.92 Å². The van der Waals surface area contributed by atoms with Gasteiger partial charge in [-0.05, 0) is 6.92 Å². The van der Waals surface area contributed by atoms with Crippen molar-refractivity contribution in [1.29, 1.82) is 0 Å². The van der Waals surface area contributed by atoms with Gasteiger partial charge in [-0.15, -0.1) is 0 Å². The van der Waals surface area contributed by atoms with E-state index in [2.05, 4.69) is 0 Å². The van der Waals surface area contributed by atoms with E-state index in [-0.39, 0.29) is 11.3 Å². The van der Waals surface area contributed by atoms with E-state index in [1.165, 1.54) is 0 Å². The SMILES string of the molecule is CC[N+](C)([O-])CCO. The average molecular weight is 119 g/mol. The number of rotatable bonds is 3. The second-order valence-corrected chi connectivity index (χ2v) is 2.06. The highest BCUT2D eigenvalue weighted by molar-refractivity contribution is 4.31. The van der Waals surface area contributed by atoms with Gasteiger partial charge in [-0.25, -0.2) is 0 Å². The van der Waals surface area contributed by atoms with Gasteiger partial charge >= 0.3 is 0 Å². The zero-order chi connectivity index (χ0) is 6.62. The molecule has 0 aromatic heterocycles. The van der Waals surface area contributed by atoms with Gasteiger partial charge in [0, 0.05) is 0 Å². The fraction of sp³-hybridized carbons (Fsp3) is 1.00. The minimum absolute atomic E-state index is 0.0200. The third-order valence-electron chi connectivity index (χ3n) is 1.24. The summed E-state index contributed by atoms with van der Waals surface area (Å²) in [4.78, 5) is 0. The highest BCUT2D eigenvalue weighted by Gasteiger charge is 2.02. The number of hydrogen-bond acceptors (Lipinski definition) is 2. The molecule has 0 aliphatic heterocycles. The Morgan fingerprint density at radius 2 is 2.12 bits per heavy atom. The van der Waals surface area contributed by atoms with Crippen LogP contribution in [-0.2, 0) is 0 Å². The summed E-state index contributed by atoms with van der Waals surface area (Å²) in [5.74, 6) is 0. The Kier molecular flexibility index (Phi) is 2.97. The number of hydroxylamine groups is 3. The molecule has 0 radical (unpaired) electrons. The fourth-order valence-corrected chi connectivity index (χ4v) is 0.370. The maximum atomic E-state index is 10.8. The van der Waals surface area contributed by atoms with Crippen LogP contribution in [0, 0.1) is 5.21 Å². The number of likely N-dealkylation sites (N-methyl/N-ethyl adjacent to an activating group) is 1. The number of hydrogen-bond donors (Lipinski definition) is 1. The van der Waals surface area contributed by atoms with Gasteiger partial charge in [0.15, 0.2) is 0 Å². The van der Waals surface area contributed by atoms with Crippen LogP contribution in [0.15, 0.2) is 0 Å². The Hall–Kier alpha value is -0.120. The Balaban J connectivity index is 3.37. The molecule has 1 unspecified atom stereocenters. The molecule has 1 N–H and O–H groups in total. The molecule has 0 aliphatic rings. The molecule has 0 aromatic carbocycles. The van der Waals surface area contributed by atoms with Gasteiger partial charge in [-0.2, -0.15) is 0 Å². The maximum Gasteiger partial charge on any atom is 0.102 e. The molecule has 0 saturated heterocycles. The molecule has 0 amide bonds. The zero-order valence-electron chi connectivity index (χ0n) is 5.42. The Morgan fingerprint density at radius 3 is 2.25 bits per heavy atom. The van der Waals surface area contributed by atoms with Crippen LogP contribution in [0.2, 0.25) is 0 Å². The standard InChI is InChI=1S/C5H13NO2/c1-3-6(2,8)4-5-7/h7H,3-5H2,1-2H3. The number of aliphatic hydroxyl groups is 1. The van der Waals surface area contributed by atoms with Crippen molar-refractivity contribution in [3.05, 3.63) is 5.21 Å². The Labute approximate surface area is 49.7 Å². The lowest BCUT2D eigenvalue weighted by molar-refractivity contribution is -0.859. The third-order valence-corrected chi connectivity index (χ3v) is 1.24. The quantitative estimate of drug-likeness (QED) is 0.418. The molecule has 3 nitrogen and oxygen atoms in total. The molecule has 0 saturated carbocycles. The lowest BCUT2D eigenvalue weighted by atomic mass is 10.5. The fourth-order valence-electron chi connectivity index (χ4n) is 0.370. The van der Waals surface area contributed by atoms with E-state index in [0.29, 0.717) is 13.1 Å². The van der Waals surface area contributed by atoms with Crippen molar-refractivity contribution in [1.82, 2.24) is 0 Å². The molecule has 0 aliphatic carbocycles. The minimum Gasteiger partial charge on any atom is -0.633 e. The molecule has 8 heavy (non-hydrogen) atoms. The van der Waals surface area contributed by atoms with E-state index in [4.69, 9.17) is 5.11 Å². The van der Waals surface area contributed by atoms with Gasteiger partial charge in [0.05, 0.1) is 20.2 Å². The third kappa shape index (κ3) is 2.96. The van der Waals surface area contributed by atoms with Crippen LogP contribution in [0.25, 0.3) is 0 Å². The van der Waals surface area contributed by atoms with E-state index in [1.807, 2.05) is 6.92 Å². The summed E-state index contributed by atoms with van der Waals surface area (Å²) in [6.45, 7) is 2.62. The van der Waals surface area contributed by atoms with E-state index >= 15 is 0 Å². The van der Waals surface area contributed by atoms with Gasteiger partial charge in [0.2, 0.25) is 0 Å². The second kappa shape index (κ2) is 3.02. The molecule has 0 rings (SSSR count). The molecule has 3 heteroatoms. The van der Waals surface area contributed by atoms with Crippen molar-refractivity contribution in [2.75, 3.05) is 26.7 Å². The lowest BCUT2D eigenvalue weighted by Crippen LogP contribution is -2.39. The number of quaternary nitrogens is 1. The minimum atomic E-state index is -0.337. The molecule has 0 aromatic rings. The van der Waals surface area contributed by atoms with Crippen molar-refractivity contribution in [3.8, 4) is 0 Å². The van der Waals surface area contributed by atoms with Gasteiger partial charge in [0.1, 0.15) is 6.54 Å². The first-order chi connectivity index (χ1) is 3.62. The van der Waals surface area contributed by atoms with E-state index < -0.39 is 0 Å². The summed E-state index contributed by atoms with van der Waals surface area (Å²) in [6.07, 6.45) is 0. The van der Waals surface area contributed by atoms with Crippen LogP contribution in [0.4, 0.5) is 0 Å². The smallest absolute Gasteiger partial charge is 0.102 e. The molecule has 0 spiro atoms. The van der Waals surface area contributed by atoms with Crippen LogP contribution in [0.3, 0.4) is 0 Å². The summed E-state index contributed by atoms with van der Waals surface area (Å²) in [7, 11) is 1.55. The Bertz CT molecular complexity index is 63.4. The summed E-state index contributed by atoms with van der Waals surface area (Å²) in [6, 6.07) is 0. The molecule has 0 heterocycles. The molecule has 50 valence electrons. The topological polar surface area (TPSA) is 43.3 Å². The van der Waals surface area contributed by atoms with E-state index in [0.717, 1.165) is 0 Å². The average Bonchev–Trinajstić information content (AvgIpc) is 1.67. The predicted octanol–water partition coefficient (Wildman–Crippen LogP) is -0.0570. The monoisotopic (exact) mass is 119 g/mol. The Morgan fingerprint density at radius 1 is 1.62 bits per heavy atom. The van der Waals surface area contributed by atoms with Crippen LogP contribution in [0.5, 0.6) is 0 Å². The van der Waals surface area contributed by atoms with Crippen molar-refractivity contribution < 1.29 is 9.75 Å². The second-order valence-electron chi connectivity index (χ2n) is 2.06. The normalized spacial score (nSPS) is 18.0. The molecular weight excluding hydrogens is 106 g/mol. The van der Waals surface area contributed by atoms with Crippen LogP contribution in [-0.4, -0.2) is 36.5 Å². The lowest BCUT2D eigenvalue weighted by Gasteiger charge is -2.36. The van der Waals surface area contributed by atoms with Gasteiger partial charge in [-0.1, -0.05) is 0 Å². The summed E-state index contributed by atoms with van der Waals surface area (Å²) in [5, 5.41) is 19.2. The largest absolute Gasteiger partial charge is 0.633 e. The van der Waals surface area contributed by atoms with Crippen molar-refractivity contribution in [2.24, 2.45) is 0 Å².